The Hall–Kier alpha value is -1.28. The number of rotatable bonds is 0. The number of H-pyrrole nitrogens is 1. The van der Waals surface area contributed by atoms with Crippen LogP contribution in [0.4, 0.5) is 0 Å². The van der Waals surface area contributed by atoms with Gasteiger partial charge in [-0.2, -0.15) is 0 Å². The fourth-order valence-corrected chi connectivity index (χ4v) is 2.55. The Morgan fingerprint density at radius 1 is 1.40 bits per heavy atom. The maximum Gasteiger partial charge on any atom is 0.0941 e. The quantitative estimate of drug-likeness (QED) is 0.675. The first-order chi connectivity index (χ1) is 7.25. The third kappa shape index (κ3) is 1.29. The van der Waals surface area contributed by atoms with Gasteiger partial charge < -0.3 is 10.1 Å². The summed E-state index contributed by atoms with van der Waals surface area (Å²) in [5.74, 6) is 0. The molecule has 1 aromatic heterocycles. The molecule has 0 bridgehead atoms. The first kappa shape index (κ1) is 8.98. The third-order valence-electron chi connectivity index (χ3n) is 3.33. The summed E-state index contributed by atoms with van der Waals surface area (Å²) >= 11 is 0. The number of fused-ring (bicyclic) bond motifs is 3. The molecular weight excluding hydrogens is 186 g/mol. The van der Waals surface area contributed by atoms with Crippen molar-refractivity contribution in [3.05, 3.63) is 35.0 Å². The Morgan fingerprint density at radius 3 is 3.13 bits per heavy atom. The highest BCUT2D eigenvalue weighted by Crippen LogP contribution is 2.34. The van der Waals surface area contributed by atoms with Crippen LogP contribution >= 0.6 is 0 Å². The molecule has 15 heavy (non-hydrogen) atoms. The molecule has 2 aromatic rings. The number of aryl methyl sites for hydroxylation is 2. The van der Waals surface area contributed by atoms with Gasteiger partial charge in [0.25, 0.3) is 0 Å². The van der Waals surface area contributed by atoms with E-state index in [1.807, 2.05) is 0 Å². The van der Waals surface area contributed by atoms with E-state index in [1.165, 1.54) is 16.5 Å². The van der Waals surface area contributed by atoms with Gasteiger partial charge in [0.05, 0.1) is 6.10 Å². The molecule has 78 valence electrons. The number of nitrogens with one attached hydrogen (secondary N) is 1. The molecule has 0 radical (unpaired) electrons. The topological polar surface area (TPSA) is 36.0 Å². The van der Waals surface area contributed by atoms with Crippen molar-refractivity contribution in [2.75, 3.05) is 0 Å². The molecule has 1 atom stereocenters. The SMILES string of the molecule is Cc1ccc2[nH]c3c(c2c1)CCC[C@H]3O. The predicted octanol–water partition coefficient (Wildman–Crippen LogP) is 2.85. The van der Waals surface area contributed by atoms with Gasteiger partial charge in [-0.3, -0.25) is 0 Å². The van der Waals surface area contributed by atoms with E-state index in [2.05, 4.69) is 30.1 Å². The average Bonchev–Trinajstić information content (AvgIpc) is 2.58. The van der Waals surface area contributed by atoms with Crippen LogP contribution in [0.3, 0.4) is 0 Å². The zero-order chi connectivity index (χ0) is 10.4. The first-order valence-electron chi connectivity index (χ1n) is 5.55. The highest BCUT2D eigenvalue weighted by atomic mass is 16.3. The minimum absolute atomic E-state index is 0.290. The normalized spacial score (nSPS) is 20.5. The Balaban J connectivity index is 2.31. The molecule has 1 aromatic carbocycles. The van der Waals surface area contributed by atoms with Crippen LogP contribution in [0.1, 0.15) is 35.8 Å². The van der Waals surface area contributed by atoms with Crippen LogP contribution in [0.5, 0.6) is 0 Å². The van der Waals surface area contributed by atoms with Crippen LogP contribution < -0.4 is 0 Å². The summed E-state index contributed by atoms with van der Waals surface area (Å²) in [6, 6.07) is 6.43. The minimum Gasteiger partial charge on any atom is -0.387 e. The van der Waals surface area contributed by atoms with E-state index in [9.17, 15) is 5.11 Å². The maximum atomic E-state index is 9.90. The summed E-state index contributed by atoms with van der Waals surface area (Å²) in [6.07, 6.45) is 2.78. The highest BCUT2D eigenvalue weighted by molar-refractivity contribution is 5.85. The maximum absolute atomic E-state index is 9.90. The molecule has 0 unspecified atom stereocenters. The van der Waals surface area contributed by atoms with Crippen molar-refractivity contribution in [1.29, 1.82) is 0 Å². The summed E-state index contributed by atoms with van der Waals surface area (Å²) in [7, 11) is 0. The second kappa shape index (κ2) is 3.11. The second-order valence-electron chi connectivity index (χ2n) is 4.47. The molecule has 0 amide bonds. The molecule has 0 saturated carbocycles. The van der Waals surface area contributed by atoms with Crippen molar-refractivity contribution >= 4 is 10.9 Å². The Labute approximate surface area is 88.9 Å². The van der Waals surface area contributed by atoms with Crippen LogP contribution in [0.25, 0.3) is 10.9 Å². The number of aliphatic hydroxyl groups is 1. The molecule has 2 nitrogen and oxygen atoms in total. The van der Waals surface area contributed by atoms with Crippen molar-refractivity contribution in [1.82, 2.24) is 4.98 Å². The van der Waals surface area contributed by atoms with Crippen LogP contribution in [0.2, 0.25) is 0 Å². The van der Waals surface area contributed by atoms with Gasteiger partial charge >= 0.3 is 0 Å². The van der Waals surface area contributed by atoms with Crippen LogP contribution in [-0.4, -0.2) is 10.1 Å². The van der Waals surface area contributed by atoms with E-state index in [-0.39, 0.29) is 6.10 Å². The number of aliphatic hydroxyl groups excluding tert-OH is 1. The molecule has 0 spiro atoms. The summed E-state index contributed by atoms with van der Waals surface area (Å²) in [5.41, 5.74) is 4.81. The largest absolute Gasteiger partial charge is 0.387 e. The van der Waals surface area contributed by atoms with Gasteiger partial charge in [0.1, 0.15) is 0 Å². The van der Waals surface area contributed by atoms with Gasteiger partial charge in [0.15, 0.2) is 0 Å². The van der Waals surface area contributed by atoms with Crippen LogP contribution in [0.15, 0.2) is 18.2 Å². The lowest BCUT2D eigenvalue weighted by atomic mass is 9.93. The monoisotopic (exact) mass is 201 g/mol. The molecule has 2 heteroatoms. The molecule has 0 fully saturated rings. The summed E-state index contributed by atoms with van der Waals surface area (Å²) < 4.78 is 0. The Bertz CT molecular complexity index is 512. The molecule has 0 aliphatic heterocycles. The number of aromatic amines is 1. The fourth-order valence-electron chi connectivity index (χ4n) is 2.55. The van der Waals surface area contributed by atoms with Crippen LogP contribution in [-0.2, 0) is 6.42 Å². The van der Waals surface area contributed by atoms with Crippen molar-refractivity contribution in [3.8, 4) is 0 Å². The highest BCUT2D eigenvalue weighted by Gasteiger charge is 2.21. The lowest BCUT2D eigenvalue weighted by Gasteiger charge is -2.17. The van der Waals surface area contributed by atoms with Gasteiger partial charge in [0, 0.05) is 16.6 Å². The van der Waals surface area contributed by atoms with Crippen molar-refractivity contribution in [3.63, 3.8) is 0 Å². The number of benzene rings is 1. The molecule has 2 N–H and O–H groups in total. The number of hydrogen-bond donors (Lipinski definition) is 2. The predicted molar refractivity (Wildman–Crippen MR) is 60.9 cm³/mol. The smallest absolute Gasteiger partial charge is 0.0941 e. The summed E-state index contributed by atoms with van der Waals surface area (Å²) in [6.45, 7) is 2.11. The lowest BCUT2D eigenvalue weighted by molar-refractivity contribution is 0.153. The van der Waals surface area contributed by atoms with E-state index in [1.54, 1.807) is 0 Å². The van der Waals surface area contributed by atoms with E-state index < -0.39 is 0 Å². The zero-order valence-corrected chi connectivity index (χ0v) is 8.88. The van der Waals surface area contributed by atoms with Gasteiger partial charge in [-0.15, -0.1) is 0 Å². The fraction of sp³-hybridized carbons (Fsp3) is 0.385. The average molecular weight is 201 g/mol. The van der Waals surface area contributed by atoms with Gasteiger partial charge in [-0.05, 0) is 43.9 Å². The Kier molecular flexibility index (Phi) is 1.86. The van der Waals surface area contributed by atoms with E-state index in [0.29, 0.717) is 0 Å². The molecular formula is C13H15NO. The second-order valence-corrected chi connectivity index (χ2v) is 4.47. The van der Waals surface area contributed by atoms with Crippen molar-refractivity contribution in [2.24, 2.45) is 0 Å². The zero-order valence-electron chi connectivity index (χ0n) is 8.88. The molecule has 1 aliphatic carbocycles. The third-order valence-corrected chi connectivity index (χ3v) is 3.33. The summed E-state index contributed by atoms with van der Waals surface area (Å²) in [4.78, 5) is 3.34. The summed E-state index contributed by atoms with van der Waals surface area (Å²) in [5, 5.41) is 11.2. The van der Waals surface area contributed by atoms with Gasteiger partial charge in [0.2, 0.25) is 0 Å². The van der Waals surface area contributed by atoms with E-state index in [4.69, 9.17) is 0 Å². The first-order valence-corrected chi connectivity index (χ1v) is 5.55. The molecule has 3 rings (SSSR count). The molecule has 1 aliphatic rings. The number of hydrogen-bond acceptors (Lipinski definition) is 1. The van der Waals surface area contributed by atoms with Crippen LogP contribution in [0, 0.1) is 6.92 Å². The van der Waals surface area contributed by atoms with Gasteiger partial charge in [-0.25, -0.2) is 0 Å². The van der Waals surface area contributed by atoms with E-state index in [0.717, 1.165) is 30.5 Å². The standard InChI is InChI=1S/C13H15NO/c1-8-5-6-11-10(7-8)9-3-2-4-12(15)13(9)14-11/h5-7,12,14-15H,2-4H2,1H3/t12-/m1/s1. The van der Waals surface area contributed by atoms with E-state index >= 15 is 0 Å². The number of aromatic nitrogens is 1. The van der Waals surface area contributed by atoms with Crippen molar-refractivity contribution in [2.45, 2.75) is 32.3 Å². The minimum atomic E-state index is -0.290. The lowest BCUT2D eigenvalue weighted by Crippen LogP contribution is -2.07. The molecule has 0 saturated heterocycles. The van der Waals surface area contributed by atoms with Gasteiger partial charge in [-0.1, -0.05) is 11.6 Å². The Morgan fingerprint density at radius 2 is 2.27 bits per heavy atom. The van der Waals surface area contributed by atoms with Crippen molar-refractivity contribution < 1.29 is 5.11 Å². The molecule has 1 heterocycles.